The standard InChI is InChI=1S/C9H7F3N4/c10-9(11,12)5-1-2-6(7(13)3-5)8-14-4-15-16-8/h1-4H,13H2,(H,14,15,16). The highest BCUT2D eigenvalue weighted by molar-refractivity contribution is 5.71. The molecule has 0 fully saturated rings. The third-order valence-electron chi connectivity index (χ3n) is 2.05. The number of nitrogens with one attached hydrogen (secondary N) is 1. The predicted octanol–water partition coefficient (Wildman–Crippen LogP) is 2.07. The number of halogens is 3. The maximum Gasteiger partial charge on any atom is 0.416 e. The highest BCUT2D eigenvalue weighted by atomic mass is 19.4. The first-order valence-electron chi connectivity index (χ1n) is 4.31. The van der Waals surface area contributed by atoms with Gasteiger partial charge in [-0.25, -0.2) is 4.98 Å². The maximum atomic E-state index is 12.4. The van der Waals surface area contributed by atoms with Crippen molar-refractivity contribution in [1.82, 2.24) is 15.2 Å². The number of aromatic amines is 1. The predicted molar refractivity (Wildman–Crippen MR) is 51.2 cm³/mol. The van der Waals surface area contributed by atoms with Crippen molar-refractivity contribution in [1.29, 1.82) is 0 Å². The van der Waals surface area contributed by atoms with Gasteiger partial charge < -0.3 is 5.73 Å². The molecule has 1 heterocycles. The number of nitrogens with two attached hydrogens (primary N) is 1. The molecule has 2 aromatic rings. The molecule has 0 unspecified atom stereocenters. The Balaban J connectivity index is 2.46. The van der Waals surface area contributed by atoms with E-state index < -0.39 is 11.7 Å². The summed E-state index contributed by atoms with van der Waals surface area (Å²) < 4.78 is 37.1. The van der Waals surface area contributed by atoms with Crippen molar-refractivity contribution in [2.24, 2.45) is 0 Å². The van der Waals surface area contributed by atoms with Gasteiger partial charge in [0.15, 0.2) is 5.82 Å². The molecule has 4 nitrogen and oxygen atoms in total. The summed E-state index contributed by atoms with van der Waals surface area (Å²) >= 11 is 0. The van der Waals surface area contributed by atoms with Gasteiger partial charge in [-0.05, 0) is 18.2 Å². The van der Waals surface area contributed by atoms with Crippen molar-refractivity contribution >= 4 is 5.69 Å². The molecule has 3 N–H and O–H groups in total. The van der Waals surface area contributed by atoms with E-state index >= 15 is 0 Å². The molecular weight excluding hydrogens is 221 g/mol. The average Bonchev–Trinajstić information content (AvgIpc) is 2.69. The third kappa shape index (κ3) is 1.83. The summed E-state index contributed by atoms with van der Waals surface area (Å²) in [4.78, 5) is 3.81. The summed E-state index contributed by atoms with van der Waals surface area (Å²) in [5.41, 5.74) is 5.14. The molecule has 0 aliphatic heterocycles. The number of nitrogens with zero attached hydrogens (tertiary/aromatic N) is 2. The van der Waals surface area contributed by atoms with Crippen LogP contribution in [0.5, 0.6) is 0 Å². The Labute approximate surface area is 88.3 Å². The molecular formula is C9H7F3N4. The highest BCUT2D eigenvalue weighted by Crippen LogP contribution is 2.33. The highest BCUT2D eigenvalue weighted by Gasteiger charge is 2.30. The molecule has 0 saturated heterocycles. The fourth-order valence-electron chi connectivity index (χ4n) is 1.29. The second-order valence-electron chi connectivity index (χ2n) is 3.13. The van der Waals surface area contributed by atoms with Gasteiger partial charge in [0, 0.05) is 11.3 Å². The quantitative estimate of drug-likeness (QED) is 0.734. The minimum atomic E-state index is -4.39. The third-order valence-corrected chi connectivity index (χ3v) is 2.05. The van der Waals surface area contributed by atoms with Crippen LogP contribution in [-0.2, 0) is 6.18 Å². The zero-order valence-corrected chi connectivity index (χ0v) is 7.92. The molecule has 0 bridgehead atoms. The summed E-state index contributed by atoms with van der Waals surface area (Å²) in [5, 5.41) is 6.13. The maximum absolute atomic E-state index is 12.4. The number of nitrogen functional groups attached to an aromatic ring is 1. The summed E-state index contributed by atoms with van der Waals surface area (Å²) in [6.07, 6.45) is -3.14. The lowest BCUT2D eigenvalue weighted by Gasteiger charge is -2.09. The number of hydrogen-bond acceptors (Lipinski definition) is 3. The smallest absolute Gasteiger partial charge is 0.398 e. The Kier molecular flexibility index (Phi) is 2.30. The number of alkyl halides is 3. The summed E-state index contributed by atoms with van der Waals surface area (Å²) in [6.45, 7) is 0. The first-order valence-corrected chi connectivity index (χ1v) is 4.31. The van der Waals surface area contributed by atoms with Gasteiger partial charge in [-0.3, -0.25) is 5.10 Å². The molecule has 0 atom stereocenters. The average molecular weight is 228 g/mol. The van der Waals surface area contributed by atoms with E-state index in [1.165, 1.54) is 12.4 Å². The van der Waals surface area contributed by atoms with Crippen molar-refractivity contribution in [3.8, 4) is 11.4 Å². The number of rotatable bonds is 1. The van der Waals surface area contributed by atoms with Crippen LogP contribution in [0.2, 0.25) is 0 Å². The largest absolute Gasteiger partial charge is 0.416 e. The zero-order valence-electron chi connectivity index (χ0n) is 7.92. The lowest BCUT2D eigenvalue weighted by Crippen LogP contribution is -2.06. The van der Waals surface area contributed by atoms with Crippen molar-refractivity contribution in [2.45, 2.75) is 6.18 Å². The number of anilines is 1. The van der Waals surface area contributed by atoms with Crippen LogP contribution in [0.25, 0.3) is 11.4 Å². The van der Waals surface area contributed by atoms with Crippen molar-refractivity contribution in [2.75, 3.05) is 5.73 Å². The van der Waals surface area contributed by atoms with E-state index in [0.717, 1.165) is 12.1 Å². The zero-order chi connectivity index (χ0) is 11.8. The van der Waals surface area contributed by atoms with E-state index in [4.69, 9.17) is 5.73 Å². The van der Waals surface area contributed by atoms with Gasteiger partial charge in [0.2, 0.25) is 0 Å². The SMILES string of the molecule is Nc1cc(C(F)(F)F)ccc1-c1ncn[nH]1. The molecule has 1 aromatic heterocycles. The molecule has 16 heavy (non-hydrogen) atoms. The van der Waals surface area contributed by atoms with Gasteiger partial charge >= 0.3 is 6.18 Å². The van der Waals surface area contributed by atoms with E-state index in [9.17, 15) is 13.2 Å². The van der Waals surface area contributed by atoms with Gasteiger partial charge in [0.05, 0.1) is 5.56 Å². The van der Waals surface area contributed by atoms with E-state index in [1.807, 2.05) is 0 Å². The van der Waals surface area contributed by atoms with Crippen LogP contribution >= 0.6 is 0 Å². The lowest BCUT2D eigenvalue weighted by molar-refractivity contribution is -0.137. The molecule has 0 aliphatic rings. The second-order valence-corrected chi connectivity index (χ2v) is 3.13. The summed E-state index contributed by atoms with van der Waals surface area (Å²) in [7, 11) is 0. The van der Waals surface area contributed by atoms with Crippen LogP contribution in [0.3, 0.4) is 0 Å². The van der Waals surface area contributed by atoms with Crippen LogP contribution in [0.1, 0.15) is 5.56 Å². The molecule has 7 heteroatoms. The van der Waals surface area contributed by atoms with Gasteiger partial charge in [-0.15, -0.1) is 0 Å². The first kappa shape index (κ1) is 10.5. The minimum Gasteiger partial charge on any atom is -0.398 e. The molecule has 0 spiro atoms. The van der Waals surface area contributed by atoms with Crippen molar-refractivity contribution < 1.29 is 13.2 Å². The number of aromatic nitrogens is 3. The molecule has 2 rings (SSSR count). The van der Waals surface area contributed by atoms with E-state index in [0.29, 0.717) is 11.4 Å². The van der Waals surface area contributed by atoms with Crippen molar-refractivity contribution in [3.05, 3.63) is 30.1 Å². The number of H-pyrrole nitrogens is 1. The fourth-order valence-corrected chi connectivity index (χ4v) is 1.29. The van der Waals surface area contributed by atoms with Crippen molar-refractivity contribution in [3.63, 3.8) is 0 Å². The summed E-state index contributed by atoms with van der Waals surface area (Å²) in [6, 6.07) is 3.09. The van der Waals surface area contributed by atoms with E-state index in [-0.39, 0.29) is 5.69 Å². The Morgan fingerprint density at radius 3 is 2.50 bits per heavy atom. The first-order chi connectivity index (χ1) is 7.48. The number of benzene rings is 1. The monoisotopic (exact) mass is 228 g/mol. The fraction of sp³-hybridized carbons (Fsp3) is 0.111. The second kappa shape index (κ2) is 3.51. The van der Waals surface area contributed by atoms with Crippen LogP contribution < -0.4 is 5.73 Å². The van der Waals surface area contributed by atoms with Gasteiger partial charge in [0.25, 0.3) is 0 Å². The Hall–Kier alpha value is -2.05. The lowest BCUT2D eigenvalue weighted by atomic mass is 10.1. The van der Waals surface area contributed by atoms with E-state index in [2.05, 4.69) is 15.2 Å². The molecule has 84 valence electrons. The van der Waals surface area contributed by atoms with Gasteiger partial charge in [-0.2, -0.15) is 18.3 Å². The van der Waals surface area contributed by atoms with Crippen LogP contribution in [-0.4, -0.2) is 15.2 Å². The molecule has 1 aromatic carbocycles. The van der Waals surface area contributed by atoms with Crippen LogP contribution in [0.4, 0.5) is 18.9 Å². The molecule has 0 aliphatic carbocycles. The Bertz CT molecular complexity index is 490. The topological polar surface area (TPSA) is 67.6 Å². The Morgan fingerprint density at radius 1 is 1.25 bits per heavy atom. The molecule has 0 saturated carbocycles. The Morgan fingerprint density at radius 2 is 2.00 bits per heavy atom. The normalized spacial score (nSPS) is 11.7. The van der Waals surface area contributed by atoms with Gasteiger partial charge in [-0.1, -0.05) is 0 Å². The minimum absolute atomic E-state index is 0.00609. The van der Waals surface area contributed by atoms with E-state index in [1.54, 1.807) is 0 Å². The van der Waals surface area contributed by atoms with Gasteiger partial charge in [0.1, 0.15) is 6.33 Å². The summed E-state index contributed by atoms with van der Waals surface area (Å²) in [5.74, 6) is 0.339. The molecule has 0 amide bonds. The number of hydrogen-bond donors (Lipinski definition) is 2. The van der Waals surface area contributed by atoms with Crippen LogP contribution in [0, 0.1) is 0 Å². The molecule has 0 radical (unpaired) electrons. The van der Waals surface area contributed by atoms with Crippen LogP contribution in [0.15, 0.2) is 24.5 Å².